The van der Waals surface area contributed by atoms with Gasteiger partial charge in [0.2, 0.25) is 0 Å². The molecule has 0 aliphatic carbocycles. The third-order valence-electron chi connectivity index (χ3n) is 3.79. The first-order valence-corrected chi connectivity index (χ1v) is 10.5. The van der Waals surface area contributed by atoms with Crippen LogP contribution in [0.5, 0.6) is 0 Å². The number of nitrogens with zero attached hydrogens (tertiary/aromatic N) is 3. The molecular formula is C17H15N3O2S3. The van der Waals surface area contributed by atoms with Crippen molar-refractivity contribution >= 4 is 44.7 Å². The summed E-state index contributed by atoms with van der Waals surface area (Å²) in [4.78, 5) is 19.7. The van der Waals surface area contributed by atoms with E-state index in [-0.39, 0.29) is 5.56 Å². The lowest BCUT2D eigenvalue weighted by Gasteiger charge is -2.09. The van der Waals surface area contributed by atoms with Crippen molar-refractivity contribution in [2.75, 3.05) is 0 Å². The summed E-state index contributed by atoms with van der Waals surface area (Å²) in [5.74, 6) is 1.41. The minimum Gasteiger partial charge on any atom is -0.361 e. The van der Waals surface area contributed by atoms with E-state index in [0.717, 1.165) is 37.3 Å². The zero-order valence-electron chi connectivity index (χ0n) is 13.7. The van der Waals surface area contributed by atoms with Crippen molar-refractivity contribution in [2.45, 2.75) is 31.3 Å². The van der Waals surface area contributed by atoms with Gasteiger partial charge in [-0.25, -0.2) is 4.98 Å². The monoisotopic (exact) mass is 389 g/mol. The topological polar surface area (TPSA) is 60.9 Å². The van der Waals surface area contributed by atoms with E-state index in [2.05, 4.69) is 5.16 Å². The Bertz CT molecular complexity index is 1080. The van der Waals surface area contributed by atoms with Crippen molar-refractivity contribution in [3.05, 3.63) is 50.8 Å². The van der Waals surface area contributed by atoms with E-state index in [9.17, 15) is 4.79 Å². The summed E-state index contributed by atoms with van der Waals surface area (Å²) in [5, 5.41) is 9.49. The van der Waals surface area contributed by atoms with Crippen LogP contribution in [0, 0.1) is 6.92 Å². The zero-order valence-corrected chi connectivity index (χ0v) is 16.1. The first kappa shape index (κ1) is 16.6. The van der Waals surface area contributed by atoms with Crippen LogP contribution in [-0.2, 0) is 12.3 Å². The summed E-state index contributed by atoms with van der Waals surface area (Å²) in [6.07, 6.45) is 0. The summed E-state index contributed by atoms with van der Waals surface area (Å²) < 4.78 is 6.84. The van der Waals surface area contributed by atoms with Gasteiger partial charge in [0.25, 0.3) is 5.56 Å². The molecule has 4 aromatic heterocycles. The molecule has 0 fully saturated rings. The van der Waals surface area contributed by atoms with Crippen molar-refractivity contribution in [3.8, 4) is 10.4 Å². The Kier molecular flexibility index (Phi) is 4.49. The molecule has 0 radical (unpaired) electrons. The molecule has 0 amide bonds. The number of aromatic nitrogens is 3. The Hall–Kier alpha value is -1.90. The number of aryl methyl sites for hydroxylation is 1. The van der Waals surface area contributed by atoms with Crippen LogP contribution in [-0.4, -0.2) is 14.7 Å². The van der Waals surface area contributed by atoms with Gasteiger partial charge in [-0.1, -0.05) is 23.0 Å². The van der Waals surface area contributed by atoms with Gasteiger partial charge in [-0.3, -0.25) is 9.36 Å². The quantitative estimate of drug-likeness (QED) is 0.363. The Balaban J connectivity index is 1.77. The molecule has 0 saturated heterocycles. The molecule has 0 atom stereocenters. The lowest BCUT2D eigenvalue weighted by Crippen LogP contribution is -2.22. The molecule has 128 valence electrons. The van der Waals surface area contributed by atoms with Crippen LogP contribution in [0.25, 0.3) is 20.7 Å². The number of hydrogen-bond acceptors (Lipinski definition) is 7. The Morgan fingerprint density at radius 1 is 1.36 bits per heavy atom. The standard InChI is InChI=1S/C17H15N3O2S3/c1-3-20-16(21)14-12(13-5-4-6-23-13)9-24-15(14)18-17(20)25-8-11-7-10(2)22-19-11/h4-7,9H,3,8H2,1-2H3. The first-order chi connectivity index (χ1) is 12.2. The van der Waals surface area contributed by atoms with E-state index in [0.29, 0.717) is 12.3 Å². The lowest BCUT2D eigenvalue weighted by atomic mass is 10.2. The number of rotatable bonds is 5. The maximum atomic E-state index is 13.1. The molecule has 4 heterocycles. The maximum Gasteiger partial charge on any atom is 0.263 e. The molecule has 0 N–H and O–H groups in total. The predicted molar refractivity (Wildman–Crippen MR) is 104 cm³/mol. The molecule has 0 saturated carbocycles. The van der Waals surface area contributed by atoms with E-state index in [1.54, 1.807) is 15.9 Å². The molecule has 25 heavy (non-hydrogen) atoms. The summed E-state index contributed by atoms with van der Waals surface area (Å²) in [5.41, 5.74) is 1.86. The molecule has 4 aromatic rings. The van der Waals surface area contributed by atoms with Crippen molar-refractivity contribution < 1.29 is 4.52 Å². The molecule has 0 bridgehead atoms. The normalized spacial score (nSPS) is 11.4. The zero-order chi connectivity index (χ0) is 17.4. The second kappa shape index (κ2) is 6.78. The largest absolute Gasteiger partial charge is 0.361 e. The van der Waals surface area contributed by atoms with Crippen molar-refractivity contribution in [2.24, 2.45) is 0 Å². The number of thiophene rings is 2. The van der Waals surface area contributed by atoms with Gasteiger partial charge < -0.3 is 4.52 Å². The van der Waals surface area contributed by atoms with Crippen LogP contribution >= 0.6 is 34.4 Å². The molecule has 5 nitrogen and oxygen atoms in total. The highest BCUT2D eigenvalue weighted by Gasteiger charge is 2.17. The molecule has 0 aliphatic rings. The number of fused-ring (bicyclic) bond motifs is 1. The van der Waals surface area contributed by atoms with Crippen molar-refractivity contribution in [3.63, 3.8) is 0 Å². The highest BCUT2D eigenvalue weighted by molar-refractivity contribution is 7.98. The third kappa shape index (κ3) is 3.05. The Morgan fingerprint density at radius 2 is 2.24 bits per heavy atom. The Morgan fingerprint density at radius 3 is 2.92 bits per heavy atom. The van der Waals surface area contributed by atoms with E-state index >= 15 is 0 Å². The minimum atomic E-state index is 0.0241. The van der Waals surface area contributed by atoms with Crippen LogP contribution in [0.4, 0.5) is 0 Å². The molecule has 4 rings (SSSR count). The third-order valence-corrected chi connectivity index (χ3v) is 6.57. The van der Waals surface area contributed by atoms with Crippen LogP contribution in [0.3, 0.4) is 0 Å². The van der Waals surface area contributed by atoms with Crippen molar-refractivity contribution in [1.82, 2.24) is 14.7 Å². The van der Waals surface area contributed by atoms with Crippen LogP contribution in [0.2, 0.25) is 0 Å². The number of hydrogen-bond donors (Lipinski definition) is 0. The van der Waals surface area contributed by atoms with E-state index in [4.69, 9.17) is 9.51 Å². The fraction of sp³-hybridized carbons (Fsp3) is 0.235. The average Bonchev–Trinajstić information content (AvgIpc) is 3.33. The van der Waals surface area contributed by atoms with Crippen LogP contribution in [0.15, 0.2) is 43.4 Å². The first-order valence-electron chi connectivity index (χ1n) is 7.78. The van der Waals surface area contributed by atoms with Gasteiger partial charge in [0.1, 0.15) is 10.6 Å². The second-order valence-corrected chi connectivity index (χ2v) is 8.22. The van der Waals surface area contributed by atoms with Gasteiger partial charge in [-0.05, 0) is 25.3 Å². The van der Waals surface area contributed by atoms with Crippen LogP contribution < -0.4 is 5.56 Å². The summed E-state index contributed by atoms with van der Waals surface area (Å²) >= 11 is 4.67. The Labute approximate surface area is 156 Å². The predicted octanol–water partition coefficient (Wildman–Crippen LogP) is 4.80. The van der Waals surface area contributed by atoms with Gasteiger partial charge in [0.15, 0.2) is 5.16 Å². The molecule has 8 heteroatoms. The molecular weight excluding hydrogens is 374 g/mol. The van der Waals surface area contributed by atoms with E-state index in [1.165, 1.54) is 23.1 Å². The van der Waals surface area contributed by atoms with Gasteiger partial charge >= 0.3 is 0 Å². The number of thioether (sulfide) groups is 1. The summed E-state index contributed by atoms with van der Waals surface area (Å²) in [7, 11) is 0. The van der Waals surface area contributed by atoms with Gasteiger partial charge in [0.05, 0.1) is 11.1 Å². The highest BCUT2D eigenvalue weighted by Crippen LogP contribution is 2.34. The molecule has 0 spiro atoms. The second-order valence-electron chi connectivity index (χ2n) is 5.47. The van der Waals surface area contributed by atoms with E-state index in [1.807, 2.05) is 42.8 Å². The van der Waals surface area contributed by atoms with Crippen molar-refractivity contribution in [1.29, 1.82) is 0 Å². The summed E-state index contributed by atoms with van der Waals surface area (Å²) in [6.45, 7) is 4.42. The molecule has 0 unspecified atom stereocenters. The average molecular weight is 390 g/mol. The fourth-order valence-electron chi connectivity index (χ4n) is 2.63. The van der Waals surface area contributed by atoms with Crippen LogP contribution in [0.1, 0.15) is 18.4 Å². The lowest BCUT2D eigenvalue weighted by molar-refractivity contribution is 0.393. The minimum absolute atomic E-state index is 0.0241. The molecule has 0 aromatic carbocycles. The van der Waals surface area contributed by atoms with Gasteiger partial charge in [0, 0.05) is 34.2 Å². The van der Waals surface area contributed by atoms with Gasteiger partial charge in [-0.15, -0.1) is 22.7 Å². The fourth-order valence-corrected chi connectivity index (χ4v) is 5.38. The van der Waals surface area contributed by atoms with E-state index < -0.39 is 0 Å². The molecule has 0 aliphatic heterocycles. The van der Waals surface area contributed by atoms with Gasteiger partial charge in [-0.2, -0.15) is 0 Å². The summed E-state index contributed by atoms with van der Waals surface area (Å²) in [6, 6.07) is 5.94. The SMILES string of the molecule is CCn1c(SCc2cc(C)on2)nc2scc(-c3cccs3)c2c1=O. The maximum absolute atomic E-state index is 13.1. The highest BCUT2D eigenvalue weighted by atomic mass is 32.2. The smallest absolute Gasteiger partial charge is 0.263 e.